The predicted octanol–water partition coefficient (Wildman–Crippen LogP) is 5.27. The summed E-state index contributed by atoms with van der Waals surface area (Å²) in [5.74, 6) is -0.389. The van der Waals surface area contributed by atoms with Crippen LogP contribution < -0.4 is 5.32 Å². The fourth-order valence-electron chi connectivity index (χ4n) is 3.28. The molecular weight excluding hydrogens is 362 g/mol. The van der Waals surface area contributed by atoms with E-state index in [1.165, 1.54) is 6.92 Å². The van der Waals surface area contributed by atoms with Crippen molar-refractivity contribution in [2.45, 2.75) is 25.7 Å². The first-order valence-electron chi connectivity index (χ1n) is 9.57. The number of Topliss-reactive ketones (excluding diaryl/α,β-unsaturated/α-hetero) is 2. The molecule has 0 heterocycles. The highest BCUT2D eigenvalue weighted by molar-refractivity contribution is 5.99. The number of anilines is 1. The van der Waals surface area contributed by atoms with E-state index < -0.39 is 0 Å². The number of hydrogen-bond acceptors (Lipinski definition) is 3. The lowest BCUT2D eigenvalue weighted by molar-refractivity contribution is -0.114. The van der Waals surface area contributed by atoms with Crippen LogP contribution in [0.25, 0.3) is 0 Å². The second kappa shape index (κ2) is 9.60. The van der Waals surface area contributed by atoms with Crippen molar-refractivity contribution >= 4 is 23.2 Å². The van der Waals surface area contributed by atoms with Crippen LogP contribution in [0.4, 0.5) is 5.69 Å². The summed E-state index contributed by atoms with van der Waals surface area (Å²) in [6.45, 7) is 1.45. The summed E-state index contributed by atoms with van der Waals surface area (Å²) in [4.78, 5) is 36.8. The Bertz CT molecular complexity index is 926. The van der Waals surface area contributed by atoms with E-state index in [4.69, 9.17) is 0 Å². The minimum Gasteiger partial charge on any atom is -0.326 e. The molecule has 0 radical (unpaired) electrons. The monoisotopic (exact) mass is 385 g/mol. The average Bonchev–Trinajstić information content (AvgIpc) is 2.74. The van der Waals surface area contributed by atoms with Gasteiger partial charge in [-0.2, -0.15) is 0 Å². The molecule has 0 atom stereocenters. The number of amides is 1. The van der Waals surface area contributed by atoms with Crippen LogP contribution in [0.15, 0.2) is 84.9 Å². The van der Waals surface area contributed by atoms with Gasteiger partial charge in [-0.1, -0.05) is 72.8 Å². The largest absolute Gasteiger partial charge is 0.326 e. The van der Waals surface area contributed by atoms with Gasteiger partial charge in [0.1, 0.15) is 0 Å². The normalized spacial score (nSPS) is 10.6. The fourth-order valence-corrected chi connectivity index (χ4v) is 3.28. The maximum atomic E-state index is 12.8. The molecule has 1 amide bonds. The Kier molecular flexibility index (Phi) is 6.69. The minimum atomic E-state index is -0.248. The van der Waals surface area contributed by atoms with E-state index in [9.17, 15) is 14.4 Å². The smallest absolute Gasteiger partial charge is 0.221 e. The minimum absolute atomic E-state index is 0.00222. The van der Waals surface area contributed by atoms with Crippen molar-refractivity contribution < 1.29 is 14.4 Å². The molecule has 3 rings (SSSR count). The van der Waals surface area contributed by atoms with Gasteiger partial charge in [0, 0.05) is 36.6 Å². The first-order chi connectivity index (χ1) is 14.0. The first kappa shape index (κ1) is 20.2. The standard InChI is InChI=1S/C25H23NO3/c1-18(27)26-23-14-12-19(13-15-23)22(16-24(28)20-8-4-2-5-9-20)17-25(29)21-10-6-3-7-11-21/h2-15,22H,16-17H2,1H3,(H,26,27). The predicted molar refractivity (Wildman–Crippen MR) is 114 cm³/mol. The summed E-state index contributed by atoms with van der Waals surface area (Å²) in [7, 11) is 0. The first-order valence-corrected chi connectivity index (χ1v) is 9.57. The second-order valence-electron chi connectivity index (χ2n) is 6.99. The van der Waals surface area contributed by atoms with Gasteiger partial charge in [0.05, 0.1) is 0 Å². The molecule has 1 N–H and O–H groups in total. The van der Waals surface area contributed by atoms with Crippen LogP contribution in [-0.4, -0.2) is 17.5 Å². The molecule has 0 bridgehead atoms. The number of nitrogens with one attached hydrogen (secondary N) is 1. The fraction of sp³-hybridized carbons (Fsp3) is 0.160. The summed E-state index contributed by atoms with van der Waals surface area (Å²) < 4.78 is 0. The van der Waals surface area contributed by atoms with Crippen LogP contribution in [0.2, 0.25) is 0 Å². The van der Waals surface area contributed by atoms with Gasteiger partial charge in [0.2, 0.25) is 5.91 Å². The van der Waals surface area contributed by atoms with Gasteiger partial charge in [-0.25, -0.2) is 0 Å². The maximum Gasteiger partial charge on any atom is 0.221 e. The Morgan fingerprint density at radius 1 is 0.690 bits per heavy atom. The van der Waals surface area contributed by atoms with Crippen molar-refractivity contribution in [2.24, 2.45) is 0 Å². The van der Waals surface area contributed by atoms with Crippen molar-refractivity contribution in [3.05, 3.63) is 102 Å². The topological polar surface area (TPSA) is 63.2 Å². The highest BCUT2D eigenvalue weighted by atomic mass is 16.1. The Hall–Kier alpha value is -3.53. The zero-order valence-electron chi connectivity index (χ0n) is 16.3. The third kappa shape index (κ3) is 5.72. The van der Waals surface area contributed by atoms with Crippen LogP contribution >= 0.6 is 0 Å². The summed E-state index contributed by atoms with van der Waals surface area (Å²) in [5, 5.41) is 2.73. The van der Waals surface area contributed by atoms with E-state index in [-0.39, 0.29) is 36.2 Å². The molecule has 3 aromatic rings. The molecule has 0 unspecified atom stereocenters. The molecule has 0 saturated heterocycles. The van der Waals surface area contributed by atoms with Gasteiger partial charge < -0.3 is 5.32 Å². The highest BCUT2D eigenvalue weighted by Gasteiger charge is 2.21. The molecular formula is C25H23NO3. The van der Waals surface area contributed by atoms with E-state index in [0.717, 1.165) is 5.56 Å². The van der Waals surface area contributed by atoms with Gasteiger partial charge in [0.15, 0.2) is 11.6 Å². The molecule has 0 aliphatic rings. The van der Waals surface area contributed by atoms with Crippen molar-refractivity contribution in [1.82, 2.24) is 0 Å². The van der Waals surface area contributed by atoms with Crippen molar-refractivity contribution in [3.8, 4) is 0 Å². The van der Waals surface area contributed by atoms with Gasteiger partial charge in [-0.3, -0.25) is 14.4 Å². The lowest BCUT2D eigenvalue weighted by Crippen LogP contribution is -2.13. The van der Waals surface area contributed by atoms with Crippen molar-refractivity contribution in [2.75, 3.05) is 5.32 Å². The van der Waals surface area contributed by atoms with Gasteiger partial charge >= 0.3 is 0 Å². The average molecular weight is 385 g/mol. The number of ketones is 2. The molecule has 4 heteroatoms. The Labute approximate surface area is 170 Å². The molecule has 0 saturated carbocycles. The van der Waals surface area contributed by atoms with Crippen LogP contribution in [0.5, 0.6) is 0 Å². The lowest BCUT2D eigenvalue weighted by Gasteiger charge is -2.17. The number of hydrogen-bond donors (Lipinski definition) is 1. The van der Waals surface area contributed by atoms with Crippen LogP contribution in [-0.2, 0) is 4.79 Å². The molecule has 29 heavy (non-hydrogen) atoms. The quantitative estimate of drug-likeness (QED) is 0.537. The molecule has 0 aliphatic heterocycles. The number of carbonyl (C=O) groups excluding carboxylic acids is 3. The Morgan fingerprint density at radius 2 is 1.14 bits per heavy atom. The maximum absolute atomic E-state index is 12.8. The van der Waals surface area contributed by atoms with Crippen LogP contribution in [0.1, 0.15) is 52.0 Å². The van der Waals surface area contributed by atoms with Crippen molar-refractivity contribution in [1.29, 1.82) is 0 Å². The highest BCUT2D eigenvalue weighted by Crippen LogP contribution is 2.28. The third-order valence-corrected chi connectivity index (χ3v) is 4.76. The van der Waals surface area contributed by atoms with E-state index in [1.54, 1.807) is 36.4 Å². The molecule has 146 valence electrons. The lowest BCUT2D eigenvalue weighted by atomic mass is 9.86. The zero-order chi connectivity index (χ0) is 20.6. The van der Waals surface area contributed by atoms with Gasteiger partial charge in [0.25, 0.3) is 0 Å². The molecule has 0 aromatic heterocycles. The molecule has 4 nitrogen and oxygen atoms in total. The van der Waals surface area contributed by atoms with Crippen molar-refractivity contribution in [3.63, 3.8) is 0 Å². The number of carbonyl (C=O) groups is 3. The van der Waals surface area contributed by atoms with E-state index in [0.29, 0.717) is 16.8 Å². The molecule has 0 fully saturated rings. The van der Waals surface area contributed by atoms with Crippen LogP contribution in [0, 0.1) is 0 Å². The second-order valence-corrected chi connectivity index (χ2v) is 6.99. The molecule has 3 aromatic carbocycles. The van der Waals surface area contributed by atoms with E-state index in [1.807, 2.05) is 48.5 Å². The zero-order valence-corrected chi connectivity index (χ0v) is 16.3. The molecule has 0 aliphatic carbocycles. The summed E-state index contributed by atoms with van der Waals surface area (Å²) in [6, 6.07) is 25.6. The summed E-state index contributed by atoms with van der Waals surface area (Å²) >= 11 is 0. The molecule has 0 spiro atoms. The number of benzene rings is 3. The van der Waals surface area contributed by atoms with E-state index >= 15 is 0 Å². The Morgan fingerprint density at radius 3 is 1.55 bits per heavy atom. The van der Waals surface area contributed by atoms with Gasteiger partial charge in [-0.05, 0) is 23.6 Å². The van der Waals surface area contributed by atoms with Gasteiger partial charge in [-0.15, -0.1) is 0 Å². The van der Waals surface area contributed by atoms with Crippen LogP contribution in [0.3, 0.4) is 0 Å². The Balaban J connectivity index is 1.83. The SMILES string of the molecule is CC(=O)Nc1ccc(C(CC(=O)c2ccccc2)CC(=O)c2ccccc2)cc1. The number of rotatable bonds is 8. The summed E-state index contributed by atoms with van der Waals surface area (Å²) in [6.07, 6.45) is 0.476. The van der Waals surface area contributed by atoms with E-state index in [2.05, 4.69) is 5.32 Å². The summed E-state index contributed by atoms with van der Waals surface area (Å²) in [5.41, 5.74) is 2.86. The third-order valence-electron chi connectivity index (χ3n) is 4.76.